The van der Waals surface area contributed by atoms with Gasteiger partial charge in [0.1, 0.15) is 0 Å². The molecule has 3 N–H and O–H groups in total. The monoisotopic (exact) mass is 288 g/mol. The molecule has 3 amide bonds. The summed E-state index contributed by atoms with van der Waals surface area (Å²) in [6, 6.07) is -0.170. The number of amides is 3. The first-order valence-corrected chi connectivity index (χ1v) is 8.06. The van der Waals surface area contributed by atoms with Crippen molar-refractivity contribution in [3.05, 3.63) is 0 Å². The Balaban J connectivity index is 2.11. The number of nitrogens with one attached hydrogen (secondary N) is 2. The van der Waals surface area contributed by atoms with Crippen LogP contribution in [0.3, 0.4) is 0 Å². The highest BCUT2D eigenvalue weighted by molar-refractivity contribution is 7.99. The number of aliphatic hydroxyl groups excluding tert-OH is 1. The van der Waals surface area contributed by atoms with Crippen LogP contribution in [0.15, 0.2) is 0 Å². The van der Waals surface area contributed by atoms with Crippen LogP contribution >= 0.6 is 11.8 Å². The number of urea groups is 1. The zero-order valence-electron chi connectivity index (χ0n) is 11.5. The molecular weight excluding hydrogens is 264 g/mol. The van der Waals surface area contributed by atoms with Crippen molar-refractivity contribution in [1.29, 1.82) is 0 Å². The van der Waals surface area contributed by atoms with Crippen LogP contribution in [0.5, 0.6) is 0 Å². The lowest BCUT2D eigenvalue weighted by molar-refractivity contribution is -0.117. The van der Waals surface area contributed by atoms with Crippen molar-refractivity contribution in [2.24, 2.45) is 5.92 Å². The number of carbonyl (C=O) groups excluding carboxylic acids is 2. The van der Waals surface area contributed by atoms with Crippen LogP contribution in [0.4, 0.5) is 4.79 Å². The van der Waals surface area contributed by atoms with Gasteiger partial charge >= 0.3 is 6.03 Å². The van der Waals surface area contributed by atoms with E-state index in [1.165, 1.54) is 18.2 Å². The van der Waals surface area contributed by atoms with E-state index in [-0.39, 0.29) is 36.3 Å². The van der Waals surface area contributed by atoms with Crippen molar-refractivity contribution < 1.29 is 14.7 Å². The van der Waals surface area contributed by atoms with Crippen molar-refractivity contribution in [3.8, 4) is 0 Å². The van der Waals surface area contributed by atoms with Gasteiger partial charge in [0.05, 0.1) is 5.75 Å². The van der Waals surface area contributed by atoms with E-state index in [0.29, 0.717) is 5.75 Å². The molecule has 1 unspecified atom stereocenters. The third-order valence-corrected chi connectivity index (χ3v) is 4.41. The Hall–Kier alpha value is -0.750. The largest absolute Gasteiger partial charge is 0.396 e. The fourth-order valence-electron chi connectivity index (χ4n) is 2.04. The topological polar surface area (TPSA) is 78.4 Å². The Morgan fingerprint density at radius 1 is 1.32 bits per heavy atom. The minimum Gasteiger partial charge on any atom is -0.396 e. The second-order valence-electron chi connectivity index (χ2n) is 5.16. The average molecular weight is 288 g/mol. The van der Waals surface area contributed by atoms with Gasteiger partial charge in [0, 0.05) is 12.6 Å². The fourth-order valence-corrected chi connectivity index (χ4v) is 2.92. The van der Waals surface area contributed by atoms with Crippen LogP contribution in [0.1, 0.15) is 39.0 Å². The Bertz CT molecular complexity index is 294. The lowest BCUT2D eigenvalue weighted by atomic mass is 9.96. The van der Waals surface area contributed by atoms with Crippen LogP contribution in [0.25, 0.3) is 0 Å². The van der Waals surface area contributed by atoms with E-state index in [1.54, 1.807) is 0 Å². The zero-order chi connectivity index (χ0) is 14.1. The van der Waals surface area contributed by atoms with E-state index in [2.05, 4.69) is 10.6 Å². The van der Waals surface area contributed by atoms with Gasteiger partial charge in [-0.2, -0.15) is 11.8 Å². The van der Waals surface area contributed by atoms with Gasteiger partial charge in [-0.15, -0.1) is 0 Å². The van der Waals surface area contributed by atoms with Crippen molar-refractivity contribution in [2.45, 2.75) is 45.1 Å². The molecule has 1 atom stereocenters. The van der Waals surface area contributed by atoms with Gasteiger partial charge in [-0.25, -0.2) is 4.79 Å². The van der Waals surface area contributed by atoms with Crippen molar-refractivity contribution in [1.82, 2.24) is 10.6 Å². The van der Waals surface area contributed by atoms with Crippen molar-refractivity contribution in [2.75, 3.05) is 18.1 Å². The van der Waals surface area contributed by atoms with E-state index in [9.17, 15) is 9.59 Å². The van der Waals surface area contributed by atoms with Gasteiger partial charge in [-0.3, -0.25) is 10.1 Å². The first-order chi connectivity index (χ1) is 9.11. The average Bonchev–Trinajstić information content (AvgIpc) is 2.39. The number of hydrogen-bond acceptors (Lipinski definition) is 4. The highest BCUT2D eigenvalue weighted by Crippen LogP contribution is 2.17. The van der Waals surface area contributed by atoms with Gasteiger partial charge in [0.25, 0.3) is 0 Å². The maximum Gasteiger partial charge on any atom is 0.321 e. The number of hydrogen-bond donors (Lipinski definition) is 3. The summed E-state index contributed by atoms with van der Waals surface area (Å²) in [5, 5.41) is 14.0. The fraction of sp³-hybridized carbons (Fsp3) is 0.846. The molecule has 0 heterocycles. The lowest BCUT2D eigenvalue weighted by Crippen LogP contribution is -2.45. The normalized spacial score (nSPS) is 17.8. The first kappa shape index (κ1) is 16.3. The minimum absolute atomic E-state index is 0.122. The third-order valence-electron chi connectivity index (χ3n) is 3.14. The molecule has 6 heteroatoms. The van der Waals surface area contributed by atoms with Gasteiger partial charge in [0.2, 0.25) is 5.91 Å². The number of imide groups is 1. The van der Waals surface area contributed by atoms with Crippen LogP contribution in [-0.2, 0) is 4.79 Å². The van der Waals surface area contributed by atoms with Gasteiger partial charge in [-0.05, 0) is 24.5 Å². The van der Waals surface area contributed by atoms with Crippen molar-refractivity contribution in [3.63, 3.8) is 0 Å². The smallest absolute Gasteiger partial charge is 0.321 e. The summed E-state index contributed by atoms with van der Waals surface area (Å²) in [6.45, 7) is 2.04. The molecule has 0 saturated heterocycles. The molecule has 0 aromatic carbocycles. The van der Waals surface area contributed by atoms with Crippen LogP contribution < -0.4 is 10.6 Å². The Labute approximate surface area is 118 Å². The molecular formula is C13H24N2O3S. The summed E-state index contributed by atoms with van der Waals surface area (Å²) in [7, 11) is 0. The Morgan fingerprint density at radius 2 is 2.00 bits per heavy atom. The third kappa shape index (κ3) is 7.42. The maximum atomic E-state index is 11.6. The number of rotatable bonds is 6. The van der Waals surface area contributed by atoms with Gasteiger partial charge in [0.15, 0.2) is 0 Å². The standard InChI is InChI=1S/C13H24N2O3S/c1-10(7-16)8-19-9-12(17)15-13(18)14-11-5-3-2-4-6-11/h10-11,16H,2-9H2,1H3,(H2,14,15,17,18). The minimum atomic E-state index is -0.382. The molecule has 1 aliphatic rings. The van der Waals surface area contributed by atoms with Gasteiger partial charge in [-0.1, -0.05) is 26.2 Å². The van der Waals surface area contributed by atoms with Crippen molar-refractivity contribution >= 4 is 23.7 Å². The zero-order valence-corrected chi connectivity index (χ0v) is 12.3. The first-order valence-electron chi connectivity index (χ1n) is 6.90. The summed E-state index contributed by atoms with van der Waals surface area (Å²) in [6.07, 6.45) is 5.54. The Morgan fingerprint density at radius 3 is 2.63 bits per heavy atom. The molecule has 0 aliphatic heterocycles. The van der Waals surface area contributed by atoms with E-state index in [0.717, 1.165) is 25.7 Å². The summed E-state index contributed by atoms with van der Waals surface area (Å²) in [5.41, 5.74) is 0. The molecule has 110 valence electrons. The van der Waals surface area contributed by atoms with E-state index in [4.69, 9.17) is 5.11 Å². The quantitative estimate of drug-likeness (QED) is 0.692. The SMILES string of the molecule is CC(CO)CSCC(=O)NC(=O)NC1CCCCC1. The second-order valence-corrected chi connectivity index (χ2v) is 6.19. The van der Waals surface area contributed by atoms with Crippen LogP contribution in [-0.4, -0.2) is 41.2 Å². The molecule has 5 nitrogen and oxygen atoms in total. The number of carbonyl (C=O) groups is 2. The van der Waals surface area contributed by atoms with Gasteiger partial charge < -0.3 is 10.4 Å². The van der Waals surface area contributed by atoms with E-state index in [1.807, 2.05) is 6.92 Å². The molecule has 0 radical (unpaired) electrons. The second kappa shape index (κ2) is 9.20. The molecule has 0 aromatic rings. The molecule has 0 aromatic heterocycles. The molecule has 1 rings (SSSR count). The van der Waals surface area contributed by atoms with E-state index >= 15 is 0 Å². The summed E-state index contributed by atoms with van der Waals surface area (Å²) < 4.78 is 0. The molecule has 1 fully saturated rings. The molecule has 19 heavy (non-hydrogen) atoms. The molecule has 1 aliphatic carbocycles. The number of thioether (sulfide) groups is 1. The van der Waals surface area contributed by atoms with E-state index < -0.39 is 0 Å². The summed E-state index contributed by atoms with van der Waals surface area (Å²) in [4.78, 5) is 23.1. The molecule has 0 bridgehead atoms. The maximum absolute atomic E-state index is 11.6. The highest BCUT2D eigenvalue weighted by Gasteiger charge is 2.16. The highest BCUT2D eigenvalue weighted by atomic mass is 32.2. The predicted molar refractivity (Wildman–Crippen MR) is 77.1 cm³/mol. The summed E-state index contributed by atoms with van der Waals surface area (Å²) in [5.74, 6) is 0.869. The number of aliphatic hydroxyl groups is 1. The predicted octanol–water partition coefficient (Wildman–Crippen LogP) is 1.51. The summed E-state index contributed by atoms with van der Waals surface area (Å²) >= 11 is 1.43. The van der Waals surface area contributed by atoms with Crippen LogP contribution in [0.2, 0.25) is 0 Å². The Kier molecular flexibility index (Phi) is 7.90. The van der Waals surface area contributed by atoms with Crippen LogP contribution in [0, 0.1) is 5.92 Å². The molecule has 0 spiro atoms. The molecule has 1 saturated carbocycles. The lowest BCUT2D eigenvalue weighted by Gasteiger charge is -2.22.